The van der Waals surface area contributed by atoms with Crippen LogP contribution in [0.1, 0.15) is 28.9 Å². The van der Waals surface area contributed by atoms with Crippen LogP contribution in [0.2, 0.25) is 0 Å². The van der Waals surface area contributed by atoms with Crippen LogP contribution < -0.4 is 9.47 Å². The van der Waals surface area contributed by atoms with Gasteiger partial charge < -0.3 is 24.4 Å². The first kappa shape index (κ1) is 12.5. The molecule has 2 atom stereocenters. The van der Waals surface area contributed by atoms with Gasteiger partial charge in [-0.2, -0.15) is 0 Å². The molecule has 2 unspecified atom stereocenters. The standard InChI is InChI=1S/C12H14O6/c1-5-9(13)6-4-7(16-2)11(17-3)10(14)8(6)12(15)18-5/h4-5,9,13-14H,1-3H3. The van der Waals surface area contributed by atoms with E-state index in [1.54, 1.807) is 6.92 Å². The zero-order chi connectivity index (χ0) is 13.4. The predicted molar refractivity (Wildman–Crippen MR) is 61.0 cm³/mol. The van der Waals surface area contributed by atoms with Gasteiger partial charge in [0.15, 0.2) is 11.5 Å². The van der Waals surface area contributed by atoms with Crippen LogP contribution in [0.25, 0.3) is 0 Å². The van der Waals surface area contributed by atoms with Crippen LogP contribution in [-0.2, 0) is 4.74 Å². The topological polar surface area (TPSA) is 85.2 Å². The van der Waals surface area contributed by atoms with E-state index in [9.17, 15) is 15.0 Å². The van der Waals surface area contributed by atoms with Crippen LogP contribution in [0.5, 0.6) is 17.2 Å². The zero-order valence-electron chi connectivity index (χ0n) is 10.3. The van der Waals surface area contributed by atoms with Gasteiger partial charge in [-0.1, -0.05) is 0 Å². The Balaban J connectivity index is 2.71. The Kier molecular flexibility index (Phi) is 3.04. The number of esters is 1. The molecule has 0 radical (unpaired) electrons. The monoisotopic (exact) mass is 254 g/mol. The van der Waals surface area contributed by atoms with Crippen molar-refractivity contribution in [3.8, 4) is 17.2 Å². The number of phenolic OH excluding ortho intramolecular Hbond substituents is 1. The number of aliphatic hydroxyl groups excluding tert-OH is 1. The molecule has 18 heavy (non-hydrogen) atoms. The lowest BCUT2D eigenvalue weighted by atomic mass is 9.94. The van der Waals surface area contributed by atoms with Gasteiger partial charge in [-0.3, -0.25) is 0 Å². The summed E-state index contributed by atoms with van der Waals surface area (Å²) in [6, 6.07) is 1.47. The van der Waals surface area contributed by atoms with Gasteiger partial charge in [-0.25, -0.2) is 4.79 Å². The lowest BCUT2D eigenvalue weighted by molar-refractivity contribution is -0.0218. The number of phenols is 1. The van der Waals surface area contributed by atoms with E-state index < -0.39 is 18.2 Å². The summed E-state index contributed by atoms with van der Waals surface area (Å²) in [6.45, 7) is 1.57. The molecular weight excluding hydrogens is 240 g/mol. The number of carbonyl (C=O) groups excluding carboxylic acids is 1. The maximum absolute atomic E-state index is 11.7. The van der Waals surface area contributed by atoms with Gasteiger partial charge >= 0.3 is 5.97 Å². The molecule has 1 aromatic carbocycles. The average molecular weight is 254 g/mol. The van der Waals surface area contributed by atoms with Crippen molar-refractivity contribution < 1.29 is 29.2 Å². The summed E-state index contributed by atoms with van der Waals surface area (Å²) in [5.74, 6) is -0.797. The number of carbonyl (C=O) groups is 1. The van der Waals surface area contributed by atoms with Crippen LogP contribution in [0.4, 0.5) is 0 Å². The highest BCUT2D eigenvalue weighted by molar-refractivity contribution is 5.97. The maximum Gasteiger partial charge on any atom is 0.342 e. The molecular formula is C12H14O6. The Bertz CT molecular complexity index is 496. The number of fused-ring (bicyclic) bond motifs is 1. The third-order valence-electron chi connectivity index (χ3n) is 2.94. The third-order valence-corrected chi connectivity index (χ3v) is 2.94. The highest BCUT2D eigenvalue weighted by atomic mass is 16.6. The maximum atomic E-state index is 11.7. The molecule has 1 aliphatic rings. The van der Waals surface area contributed by atoms with Crippen molar-refractivity contribution in [2.45, 2.75) is 19.1 Å². The number of hydrogen-bond donors (Lipinski definition) is 2. The van der Waals surface area contributed by atoms with E-state index in [2.05, 4.69) is 0 Å². The molecule has 6 nitrogen and oxygen atoms in total. The van der Waals surface area contributed by atoms with Crippen molar-refractivity contribution in [2.24, 2.45) is 0 Å². The first-order chi connectivity index (χ1) is 8.51. The Morgan fingerprint density at radius 3 is 2.56 bits per heavy atom. The smallest absolute Gasteiger partial charge is 0.342 e. The van der Waals surface area contributed by atoms with Gasteiger partial charge in [-0.05, 0) is 13.0 Å². The highest BCUT2D eigenvalue weighted by Gasteiger charge is 2.36. The van der Waals surface area contributed by atoms with Crippen LogP contribution in [0.3, 0.4) is 0 Å². The Hall–Kier alpha value is -1.95. The second kappa shape index (κ2) is 4.38. The number of ether oxygens (including phenoxy) is 3. The van der Waals surface area contributed by atoms with E-state index in [4.69, 9.17) is 14.2 Å². The van der Waals surface area contributed by atoms with Crippen molar-refractivity contribution in [1.29, 1.82) is 0 Å². The Morgan fingerprint density at radius 2 is 2.00 bits per heavy atom. The van der Waals surface area contributed by atoms with E-state index in [0.29, 0.717) is 0 Å². The molecule has 1 aliphatic heterocycles. The second-order valence-corrected chi connectivity index (χ2v) is 3.98. The fourth-order valence-electron chi connectivity index (χ4n) is 1.99. The molecule has 0 amide bonds. The van der Waals surface area contributed by atoms with Crippen LogP contribution >= 0.6 is 0 Å². The van der Waals surface area contributed by atoms with E-state index in [0.717, 1.165) is 0 Å². The molecule has 1 heterocycles. The van der Waals surface area contributed by atoms with Gasteiger partial charge in [0.25, 0.3) is 0 Å². The fraction of sp³-hybridized carbons (Fsp3) is 0.417. The van der Waals surface area contributed by atoms with Gasteiger partial charge in [0.05, 0.1) is 14.2 Å². The minimum Gasteiger partial charge on any atom is -0.504 e. The molecule has 0 spiro atoms. The summed E-state index contributed by atoms with van der Waals surface area (Å²) < 4.78 is 15.0. The Morgan fingerprint density at radius 1 is 1.33 bits per heavy atom. The van der Waals surface area contributed by atoms with Crippen molar-refractivity contribution in [3.63, 3.8) is 0 Å². The lowest BCUT2D eigenvalue weighted by Crippen LogP contribution is -2.30. The van der Waals surface area contributed by atoms with Crippen molar-refractivity contribution in [3.05, 3.63) is 17.2 Å². The Labute approximate surface area is 104 Å². The highest BCUT2D eigenvalue weighted by Crippen LogP contribution is 2.45. The molecule has 0 aromatic heterocycles. The van der Waals surface area contributed by atoms with Crippen LogP contribution in [0.15, 0.2) is 6.07 Å². The summed E-state index contributed by atoms with van der Waals surface area (Å²) in [6.07, 6.45) is -1.69. The number of hydrogen-bond acceptors (Lipinski definition) is 6. The summed E-state index contributed by atoms with van der Waals surface area (Å²) in [5.41, 5.74) is 0.187. The molecule has 6 heteroatoms. The molecule has 0 aliphatic carbocycles. The first-order valence-electron chi connectivity index (χ1n) is 5.38. The van der Waals surface area contributed by atoms with Crippen molar-refractivity contribution >= 4 is 5.97 Å². The van der Waals surface area contributed by atoms with Crippen LogP contribution in [-0.4, -0.2) is 36.5 Å². The lowest BCUT2D eigenvalue weighted by Gasteiger charge is -2.28. The summed E-state index contributed by atoms with van der Waals surface area (Å²) in [5, 5.41) is 20.0. The van der Waals surface area contributed by atoms with Gasteiger partial charge in [-0.15, -0.1) is 0 Å². The van der Waals surface area contributed by atoms with Gasteiger partial charge in [0, 0.05) is 5.56 Å². The minimum absolute atomic E-state index is 0.0370. The largest absolute Gasteiger partial charge is 0.504 e. The zero-order valence-corrected chi connectivity index (χ0v) is 10.3. The van der Waals surface area contributed by atoms with Crippen LogP contribution in [0, 0.1) is 0 Å². The molecule has 0 bridgehead atoms. The molecule has 2 N–H and O–H groups in total. The number of aromatic hydroxyl groups is 1. The minimum atomic E-state index is -1.01. The molecule has 0 saturated heterocycles. The first-order valence-corrected chi connectivity index (χ1v) is 5.38. The average Bonchev–Trinajstić information content (AvgIpc) is 2.34. The summed E-state index contributed by atoms with van der Waals surface area (Å²) in [4.78, 5) is 11.7. The molecule has 0 fully saturated rings. The second-order valence-electron chi connectivity index (χ2n) is 3.98. The van der Waals surface area contributed by atoms with E-state index in [-0.39, 0.29) is 28.4 Å². The SMILES string of the molecule is COc1cc2c(c(O)c1OC)C(=O)OC(C)C2O. The summed E-state index contributed by atoms with van der Waals surface area (Å²) >= 11 is 0. The predicted octanol–water partition coefficient (Wildman–Crippen LogP) is 1.00. The quantitative estimate of drug-likeness (QED) is 0.766. The third kappa shape index (κ3) is 1.65. The van der Waals surface area contributed by atoms with Gasteiger partial charge in [0.1, 0.15) is 17.8 Å². The van der Waals surface area contributed by atoms with Crippen molar-refractivity contribution in [1.82, 2.24) is 0 Å². The molecule has 1 aromatic rings. The number of rotatable bonds is 2. The molecule has 2 rings (SSSR count). The number of aliphatic hydroxyl groups is 1. The molecule has 0 saturated carbocycles. The summed E-state index contributed by atoms with van der Waals surface area (Å²) in [7, 11) is 2.75. The number of benzene rings is 1. The number of methoxy groups -OCH3 is 2. The van der Waals surface area contributed by atoms with E-state index >= 15 is 0 Å². The van der Waals surface area contributed by atoms with Crippen molar-refractivity contribution in [2.75, 3.05) is 14.2 Å². The molecule has 98 valence electrons. The number of cyclic esters (lactones) is 1. The normalized spacial score (nSPS) is 22.1. The van der Waals surface area contributed by atoms with E-state index in [1.165, 1.54) is 20.3 Å². The van der Waals surface area contributed by atoms with Gasteiger partial charge in [0.2, 0.25) is 5.75 Å². The fourth-order valence-corrected chi connectivity index (χ4v) is 1.99. The van der Waals surface area contributed by atoms with E-state index in [1.807, 2.05) is 0 Å².